The molecule has 1 fully saturated rings. The third kappa shape index (κ3) is 4.64. The fourth-order valence-corrected chi connectivity index (χ4v) is 3.40. The van der Waals surface area contributed by atoms with Gasteiger partial charge in [0.2, 0.25) is 0 Å². The Hall–Kier alpha value is -2.14. The van der Waals surface area contributed by atoms with Crippen LogP contribution in [0.25, 0.3) is 11.0 Å². The lowest BCUT2D eigenvalue weighted by molar-refractivity contribution is -0.00801. The van der Waals surface area contributed by atoms with Crippen molar-refractivity contribution in [2.45, 2.75) is 12.5 Å². The Morgan fingerprint density at radius 3 is 3.00 bits per heavy atom. The molecule has 0 bridgehead atoms. The number of aromatic amines is 1. The number of aryl methyl sites for hydroxylation is 1. The van der Waals surface area contributed by atoms with E-state index in [1.54, 1.807) is 4.68 Å². The van der Waals surface area contributed by atoms with Crippen LogP contribution >= 0.6 is 24.0 Å². The number of H-pyrrole nitrogens is 1. The zero-order valence-corrected chi connectivity index (χ0v) is 18.5. The molecule has 0 aliphatic carbocycles. The number of hydrogen-bond acceptors (Lipinski definition) is 4. The average molecular weight is 495 g/mol. The molecule has 3 heterocycles. The van der Waals surface area contributed by atoms with Crippen molar-refractivity contribution in [1.82, 2.24) is 30.0 Å². The predicted molar refractivity (Wildman–Crippen MR) is 120 cm³/mol. The summed E-state index contributed by atoms with van der Waals surface area (Å²) in [7, 11) is 3.74. The lowest BCUT2D eigenvalue weighted by Crippen LogP contribution is -2.48. The Morgan fingerprint density at radius 1 is 1.39 bits per heavy atom. The van der Waals surface area contributed by atoms with E-state index in [1.807, 2.05) is 50.8 Å². The van der Waals surface area contributed by atoms with E-state index in [1.165, 1.54) is 0 Å². The summed E-state index contributed by atoms with van der Waals surface area (Å²) in [6.45, 7) is 3.02. The predicted octanol–water partition coefficient (Wildman–Crippen LogP) is 2.11. The number of ether oxygens (including phenoxy) is 1. The molecule has 1 aliphatic heterocycles. The van der Waals surface area contributed by atoms with Gasteiger partial charge in [-0.25, -0.2) is 4.98 Å². The highest BCUT2D eigenvalue weighted by Gasteiger charge is 2.25. The van der Waals surface area contributed by atoms with Crippen LogP contribution in [0.15, 0.2) is 41.7 Å². The molecule has 0 radical (unpaired) electrons. The van der Waals surface area contributed by atoms with Gasteiger partial charge in [0.05, 0.1) is 30.4 Å². The number of rotatable bonds is 4. The largest absolute Gasteiger partial charge is 0.370 e. The molecule has 2 aromatic heterocycles. The van der Waals surface area contributed by atoms with E-state index < -0.39 is 0 Å². The maximum atomic E-state index is 5.92. The Balaban J connectivity index is 0.00000225. The summed E-state index contributed by atoms with van der Waals surface area (Å²) in [6, 6.07) is 8.09. The second kappa shape index (κ2) is 9.37. The smallest absolute Gasteiger partial charge is 0.193 e. The molecule has 150 valence electrons. The van der Waals surface area contributed by atoms with Gasteiger partial charge in [-0.1, -0.05) is 12.1 Å². The van der Waals surface area contributed by atoms with E-state index >= 15 is 0 Å². The number of nitrogens with one attached hydrogen (secondary N) is 2. The molecule has 1 unspecified atom stereocenters. The van der Waals surface area contributed by atoms with Gasteiger partial charge >= 0.3 is 0 Å². The van der Waals surface area contributed by atoms with Crippen molar-refractivity contribution < 1.29 is 4.74 Å². The molecule has 2 N–H and O–H groups in total. The van der Waals surface area contributed by atoms with Crippen LogP contribution in [0.1, 0.15) is 17.5 Å². The summed E-state index contributed by atoms with van der Waals surface area (Å²) in [5, 5.41) is 7.69. The Labute approximate surface area is 181 Å². The molecular formula is C19H26IN7O. The summed E-state index contributed by atoms with van der Waals surface area (Å²) in [5.74, 6) is 1.87. The number of halogens is 1. The fraction of sp³-hybridized carbons (Fsp3) is 0.421. The van der Waals surface area contributed by atoms with E-state index in [0.29, 0.717) is 6.61 Å². The van der Waals surface area contributed by atoms with Gasteiger partial charge in [0, 0.05) is 45.4 Å². The first-order valence-electron chi connectivity index (χ1n) is 9.22. The molecule has 9 heteroatoms. The maximum absolute atomic E-state index is 5.92. The SMILES string of the molecule is CN=C(NCCc1nc2ccccc2[nH]1)N1CCOC(c2cnn(C)c2)C1.I. The lowest BCUT2D eigenvalue weighted by Gasteiger charge is -2.34. The maximum Gasteiger partial charge on any atom is 0.193 e. The molecule has 1 saturated heterocycles. The number of imidazole rings is 1. The highest BCUT2D eigenvalue weighted by atomic mass is 127. The number of para-hydroxylation sites is 2. The highest BCUT2D eigenvalue weighted by Crippen LogP contribution is 2.21. The van der Waals surface area contributed by atoms with E-state index in [9.17, 15) is 0 Å². The van der Waals surface area contributed by atoms with Crippen molar-refractivity contribution in [3.8, 4) is 0 Å². The van der Waals surface area contributed by atoms with Crippen molar-refractivity contribution in [3.63, 3.8) is 0 Å². The molecule has 3 aromatic rings. The van der Waals surface area contributed by atoms with Gasteiger partial charge in [-0.3, -0.25) is 9.67 Å². The number of hydrogen-bond donors (Lipinski definition) is 2. The molecule has 8 nitrogen and oxygen atoms in total. The van der Waals surface area contributed by atoms with Crippen molar-refractivity contribution in [1.29, 1.82) is 0 Å². The second-order valence-corrected chi connectivity index (χ2v) is 6.68. The van der Waals surface area contributed by atoms with Crippen molar-refractivity contribution >= 4 is 41.0 Å². The van der Waals surface area contributed by atoms with E-state index in [0.717, 1.165) is 54.4 Å². The number of benzene rings is 1. The standard InChI is InChI=1S/C19H25N7O.HI/c1-20-19(21-8-7-18-23-15-5-3-4-6-16(15)24-18)26-9-10-27-17(13-26)14-11-22-25(2)12-14;/h3-6,11-12,17H,7-10,13H2,1-2H3,(H,20,21)(H,23,24);1H. The summed E-state index contributed by atoms with van der Waals surface area (Å²) < 4.78 is 7.72. The van der Waals surface area contributed by atoms with Gasteiger partial charge in [0.25, 0.3) is 0 Å². The number of morpholine rings is 1. The lowest BCUT2D eigenvalue weighted by atomic mass is 10.1. The van der Waals surface area contributed by atoms with E-state index in [2.05, 4.69) is 30.3 Å². The fourth-order valence-electron chi connectivity index (χ4n) is 3.40. The first-order valence-corrected chi connectivity index (χ1v) is 9.22. The Kier molecular flexibility index (Phi) is 6.89. The first kappa shape index (κ1) is 20.6. The third-order valence-corrected chi connectivity index (χ3v) is 4.76. The molecule has 1 aromatic carbocycles. The zero-order valence-electron chi connectivity index (χ0n) is 16.1. The summed E-state index contributed by atoms with van der Waals surface area (Å²) in [4.78, 5) is 14.7. The third-order valence-electron chi connectivity index (χ3n) is 4.76. The Bertz CT molecular complexity index is 902. The molecule has 1 aliphatic rings. The molecule has 1 atom stereocenters. The second-order valence-electron chi connectivity index (χ2n) is 6.68. The summed E-state index contributed by atoms with van der Waals surface area (Å²) in [6.07, 6.45) is 4.70. The van der Waals surface area contributed by atoms with Crippen molar-refractivity contribution in [3.05, 3.63) is 48.0 Å². The van der Waals surface area contributed by atoms with Crippen LogP contribution in [0.3, 0.4) is 0 Å². The van der Waals surface area contributed by atoms with Gasteiger partial charge in [-0.05, 0) is 12.1 Å². The molecule has 0 amide bonds. The van der Waals surface area contributed by atoms with Crippen molar-refractivity contribution in [2.75, 3.05) is 33.3 Å². The van der Waals surface area contributed by atoms with Gasteiger partial charge in [-0.2, -0.15) is 5.10 Å². The highest BCUT2D eigenvalue weighted by molar-refractivity contribution is 14.0. The van der Waals surface area contributed by atoms with Crippen LogP contribution in [0.2, 0.25) is 0 Å². The summed E-state index contributed by atoms with van der Waals surface area (Å²) >= 11 is 0. The van der Waals surface area contributed by atoms with Crippen LogP contribution < -0.4 is 5.32 Å². The Morgan fingerprint density at radius 2 is 2.25 bits per heavy atom. The zero-order chi connectivity index (χ0) is 18.6. The van der Waals surface area contributed by atoms with Crippen LogP contribution in [-0.2, 0) is 18.2 Å². The minimum absolute atomic E-state index is 0. The van der Waals surface area contributed by atoms with E-state index in [-0.39, 0.29) is 30.1 Å². The van der Waals surface area contributed by atoms with Gasteiger partial charge in [0.15, 0.2) is 5.96 Å². The summed E-state index contributed by atoms with van der Waals surface area (Å²) in [5.41, 5.74) is 3.17. The quantitative estimate of drug-likeness (QED) is 0.329. The minimum Gasteiger partial charge on any atom is -0.370 e. The number of fused-ring (bicyclic) bond motifs is 1. The minimum atomic E-state index is 0. The molecular weight excluding hydrogens is 469 g/mol. The number of aliphatic imine (C=N–C) groups is 1. The molecule has 4 rings (SSSR count). The van der Waals surface area contributed by atoms with Gasteiger partial charge in [0.1, 0.15) is 11.9 Å². The molecule has 0 saturated carbocycles. The number of nitrogens with zero attached hydrogens (tertiary/aromatic N) is 5. The van der Waals surface area contributed by atoms with E-state index in [4.69, 9.17) is 4.74 Å². The van der Waals surface area contributed by atoms with Crippen LogP contribution in [0.5, 0.6) is 0 Å². The van der Waals surface area contributed by atoms with Crippen LogP contribution in [0.4, 0.5) is 0 Å². The monoisotopic (exact) mass is 495 g/mol. The number of guanidine groups is 1. The first-order chi connectivity index (χ1) is 13.2. The normalized spacial score (nSPS) is 17.6. The van der Waals surface area contributed by atoms with Crippen LogP contribution in [-0.4, -0.2) is 63.9 Å². The molecule has 0 spiro atoms. The molecule has 28 heavy (non-hydrogen) atoms. The topological polar surface area (TPSA) is 83.4 Å². The van der Waals surface area contributed by atoms with Crippen molar-refractivity contribution in [2.24, 2.45) is 12.0 Å². The van der Waals surface area contributed by atoms with Crippen LogP contribution in [0, 0.1) is 0 Å². The van der Waals surface area contributed by atoms with Gasteiger partial charge in [-0.15, -0.1) is 24.0 Å². The average Bonchev–Trinajstić information content (AvgIpc) is 3.31. The number of aromatic nitrogens is 4. The van der Waals surface area contributed by atoms with Gasteiger partial charge < -0.3 is 19.9 Å².